The Bertz CT molecular complexity index is 749. The van der Waals surface area contributed by atoms with Crippen molar-refractivity contribution in [3.8, 4) is 0 Å². The molecule has 3 aromatic rings. The summed E-state index contributed by atoms with van der Waals surface area (Å²) >= 11 is 0. The van der Waals surface area contributed by atoms with E-state index < -0.39 is 0 Å². The van der Waals surface area contributed by atoms with Crippen molar-refractivity contribution in [1.29, 1.82) is 0 Å². The molecule has 0 atom stereocenters. The Morgan fingerprint density at radius 2 is 1.80 bits per heavy atom. The summed E-state index contributed by atoms with van der Waals surface area (Å²) in [6.07, 6.45) is 2.66. The number of hydrogen-bond acceptors (Lipinski definition) is 2. The molecule has 2 aromatic carbocycles. The number of carbonyl (C=O) groups excluding carboxylic acids is 1. The van der Waals surface area contributed by atoms with Gasteiger partial charge in [0.2, 0.25) is 0 Å². The van der Waals surface area contributed by atoms with E-state index in [0.717, 1.165) is 35.9 Å². The average Bonchev–Trinajstić information content (AvgIpc) is 2.53. The molecule has 0 aliphatic rings. The van der Waals surface area contributed by atoms with Crippen LogP contribution in [-0.4, -0.2) is 11.3 Å². The number of hydrogen-bond donors (Lipinski definition) is 0. The number of aromatic nitrogens is 1. The van der Waals surface area contributed by atoms with E-state index in [2.05, 4.69) is 23.2 Å². The Morgan fingerprint density at radius 1 is 0.900 bits per heavy atom. The summed E-state index contributed by atoms with van der Waals surface area (Å²) < 4.78 is 0. The number of aldehydes is 1. The van der Waals surface area contributed by atoms with Crippen molar-refractivity contribution in [3.05, 3.63) is 77.5 Å². The fourth-order valence-corrected chi connectivity index (χ4v) is 2.34. The minimum absolute atomic E-state index is 0.731. The van der Waals surface area contributed by atoms with Crippen LogP contribution in [0.2, 0.25) is 0 Å². The highest BCUT2D eigenvalue weighted by Crippen LogP contribution is 2.13. The molecule has 1 heterocycles. The van der Waals surface area contributed by atoms with Crippen LogP contribution in [0.25, 0.3) is 10.9 Å². The second-order valence-corrected chi connectivity index (χ2v) is 4.86. The highest BCUT2D eigenvalue weighted by Gasteiger charge is 2.00. The second kappa shape index (κ2) is 5.66. The molecule has 2 heteroatoms. The van der Waals surface area contributed by atoms with Gasteiger partial charge < -0.3 is 0 Å². The molecule has 98 valence electrons. The molecule has 0 spiro atoms. The summed E-state index contributed by atoms with van der Waals surface area (Å²) in [7, 11) is 0. The topological polar surface area (TPSA) is 30.0 Å². The zero-order valence-corrected chi connectivity index (χ0v) is 11.1. The standard InChI is InChI=1S/C18H15NO/c20-13-15-5-3-4-14(12-15)8-10-17-11-9-16-6-1-2-7-18(16)19-17/h1-7,9,11-13H,8,10H2. The number of pyridine rings is 1. The highest BCUT2D eigenvalue weighted by molar-refractivity contribution is 5.78. The molecule has 0 amide bonds. The first-order valence-corrected chi connectivity index (χ1v) is 6.74. The molecule has 0 bridgehead atoms. The lowest BCUT2D eigenvalue weighted by Gasteiger charge is -2.04. The number of carbonyl (C=O) groups is 1. The first kappa shape index (κ1) is 12.5. The van der Waals surface area contributed by atoms with E-state index in [1.807, 2.05) is 42.5 Å². The predicted octanol–water partition coefficient (Wildman–Crippen LogP) is 3.83. The SMILES string of the molecule is O=Cc1cccc(CCc2ccc3ccccc3n2)c1. The van der Waals surface area contributed by atoms with Crippen LogP contribution >= 0.6 is 0 Å². The van der Waals surface area contributed by atoms with Gasteiger partial charge in [-0.25, -0.2) is 0 Å². The van der Waals surface area contributed by atoms with Crippen LogP contribution < -0.4 is 0 Å². The third kappa shape index (κ3) is 2.75. The van der Waals surface area contributed by atoms with E-state index in [-0.39, 0.29) is 0 Å². The third-order valence-corrected chi connectivity index (χ3v) is 3.41. The first-order valence-electron chi connectivity index (χ1n) is 6.74. The number of rotatable bonds is 4. The molecule has 0 aliphatic carbocycles. The van der Waals surface area contributed by atoms with Crippen LogP contribution in [0.4, 0.5) is 0 Å². The molecule has 20 heavy (non-hydrogen) atoms. The van der Waals surface area contributed by atoms with Crippen LogP contribution in [0, 0.1) is 0 Å². The number of aryl methyl sites for hydroxylation is 2. The van der Waals surface area contributed by atoms with Crippen LogP contribution in [0.15, 0.2) is 60.7 Å². The summed E-state index contributed by atoms with van der Waals surface area (Å²) in [5.41, 5.74) is 4.02. The van der Waals surface area contributed by atoms with E-state index >= 15 is 0 Å². The summed E-state index contributed by atoms with van der Waals surface area (Å²) in [5, 5.41) is 1.17. The van der Waals surface area contributed by atoms with Gasteiger partial charge in [0, 0.05) is 16.6 Å². The molecule has 0 radical (unpaired) electrons. The highest BCUT2D eigenvalue weighted by atomic mass is 16.1. The first-order chi connectivity index (χ1) is 9.85. The normalized spacial score (nSPS) is 10.6. The third-order valence-electron chi connectivity index (χ3n) is 3.41. The van der Waals surface area contributed by atoms with Gasteiger partial charge in [0.25, 0.3) is 0 Å². The zero-order valence-electron chi connectivity index (χ0n) is 11.1. The van der Waals surface area contributed by atoms with Gasteiger partial charge >= 0.3 is 0 Å². The van der Waals surface area contributed by atoms with Gasteiger partial charge in [0.05, 0.1) is 5.52 Å². The van der Waals surface area contributed by atoms with E-state index in [0.29, 0.717) is 0 Å². The van der Waals surface area contributed by atoms with Crippen molar-refractivity contribution >= 4 is 17.2 Å². The molecule has 0 N–H and O–H groups in total. The molecule has 0 aliphatic heterocycles. The Hall–Kier alpha value is -2.48. The van der Waals surface area contributed by atoms with Gasteiger partial charge in [-0.05, 0) is 36.6 Å². The molecular formula is C18H15NO. The fourth-order valence-electron chi connectivity index (χ4n) is 2.34. The molecule has 0 saturated carbocycles. The monoisotopic (exact) mass is 261 g/mol. The lowest BCUT2D eigenvalue weighted by atomic mass is 10.0. The van der Waals surface area contributed by atoms with E-state index in [9.17, 15) is 4.79 Å². The summed E-state index contributed by atoms with van der Waals surface area (Å²) in [6.45, 7) is 0. The van der Waals surface area contributed by atoms with Crippen molar-refractivity contribution in [3.63, 3.8) is 0 Å². The number of benzene rings is 2. The van der Waals surface area contributed by atoms with E-state index in [1.54, 1.807) is 0 Å². The molecule has 2 nitrogen and oxygen atoms in total. The molecule has 1 aromatic heterocycles. The van der Waals surface area contributed by atoms with Crippen molar-refractivity contribution in [1.82, 2.24) is 4.98 Å². The van der Waals surface area contributed by atoms with Gasteiger partial charge in [-0.15, -0.1) is 0 Å². The van der Waals surface area contributed by atoms with Crippen LogP contribution in [0.5, 0.6) is 0 Å². The molecule has 0 fully saturated rings. The van der Waals surface area contributed by atoms with Crippen LogP contribution in [0.3, 0.4) is 0 Å². The quantitative estimate of drug-likeness (QED) is 0.668. The summed E-state index contributed by atoms with van der Waals surface area (Å²) in [5.74, 6) is 0. The van der Waals surface area contributed by atoms with Crippen molar-refractivity contribution in [2.45, 2.75) is 12.8 Å². The van der Waals surface area contributed by atoms with Crippen LogP contribution in [-0.2, 0) is 12.8 Å². The summed E-state index contributed by atoms with van der Waals surface area (Å²) in [4.78, 5) is 15.4. The smallest absolute Gasteiger partial charge is 0.150 e. The Balaban J connectivity index is 1.77. The number of fused-ring (bicyclic) bond motifs is 1. The molecular weight excluding hydrogens is 246 g/mol. The minimum Gasteiger partial charge on any atom is -0.298 e. The minimum atomic E-state index is 0.731. The van der Waals surface area contributed by atoms with Gasteiger partial charge in [-0.1, -0.05) is 42.5 Å². The van der Waals surface area contributed by atoms with E-state index in [4.69, 9.17) is 0 Å². The maximum absolute atomic E-state index is 10.8. The summed E-state index contributed by atoms with van der Waals surface area (Å²) in [6, 6.07) is 20.1. The predicted molar refractivity (Wildman–Crippen MR) is 81.0 cm³/mol. The molecule has 0 saturated heterocycles. The number of nitrogens with zero attached hydrogens (tertiary/aromatic N) is 1. The van der Waals surface area contributed by atoms with Gasteiger partial charge in [0.1, 0.15) is 6.29 Å². The van der Waals surface area contributed by atoms with Gasteiger partial charge in [-0.3, -0.25) is 9.78 Å². The lowest BCUT2D eigenvalue weighted by Crippen LogP contribution is -1.95. The van der Waals surface area contributed by atoms with E-state index in [1.165, 1.54) is 10.9 Å². The second-order valence-electron chi connectivity index (χ2n) is 4.86. The molecule has 0 unspecified atom stereocenters. The average molecular weight is 261 g/mol. The lowest BCUT2D eigenvalue weighted by molar-refractivity contribution is 0.112. The van der Waals surface area contributed by atoms with Gasteiger partial charge in [-0.2, -0.15) is 0 Å². The Kier molecular flexibility index (Phi) is 3.55. The Labute approximate surface area is 118 Å². The Morgan fingerprint density at radius 3 is 2.70 bits per heavy atom. The zero-order chi connectivity index (χ0) is 13.8. The maximum Gasteiger partial charge on any atom is 0.150 e. The van der Waals surface area contributed by atoms with Crippen molar-refractivity contribution in [2.75, 3.05) is 0 Å². The van der Waals surface area contributed by atoms with Crippen LogP contribution in [0.1, 0.15) is 21.6 Å². The number of para-hydroxylation sites is 1. The molecule has 3 rings (SSSR count). The maximum atomic E-state index is 10.8. The van der Waals surface area contributed by atoms with Gasteiger partial charge in [0.15, 0.2) is 0 Å². The largest absolute Gasteiger partial charge is 0.298 e. The van der Waals surface area contributed by atoms with Crippen molar-refractivity contribution < 1.29 is 4.79 Å². The fraction of sp³-hybridized carbons (Fsp3) is 0.111. The van der Waals surface area contributed by atoms with Crippen molar-refractivity contribution in [2.24, 2.45) is 0 Å².